The third kappa shape index (κ3) is 3.47. The molecule has 0 spiro atoms. The number of nitrogens with zero attached hydrogens (tertiary/aromatic N) is 3. The summed E-state index contributed by atoms with van der Waals surface area (Å²) in [7, 11) is 1.80. The van der Waals surface area contributed by atoms with Crippen molar-refractivity contribution in [3.05, 3.63) is 11.3 Å². The summed E-state index contributed by atoms with van der Waals surface area (Å²) in [4.78, 5) is 11.5. The van der Waals surface area contributed by atoms with Crippen LogP contribution in [0.1, 0.15) is 36.9 Å². The molecule has 1 aromatic heterocycles. The number of rotatable bonds is 6. The standard InChI is InChI=1S/C13H19N5O/c1-9-11(8-14)13(18(2)17-9)15-7-3-4-12(19)16-10-5-6-10/h10,15H,3-7H2,1-2H3,(H,16,19). The van der Waals surface area contributed by atoms with Gasteiger partial charge in [0, 0.05) is 26.1 Å². The highest BCUT2D eigenvalue weighted by molar-refractivity contribution is 5.76. The van der Waals surface area contributed by atoms with E-state index in [0.29, 0.717) is 24.6 Å². The average Bonchev–Trinajstić information content (AvgIpc) is 3.11. The van der Waals surface area contributed by atoms with E-state index < -0.39 is 0 Å². The zero-order valence-corrected chi connectivity index (χ0v) is 11.4. The largest absolute Gasteiger partial charge is 0.369 e. The quantitative estimate of drug-likeness (QED) is 0.750. The first kappa shape index (κ1) is 13.4. The molecule has 0 radical (unpaired) electrons. The van der Waals surface area contributed by atoms with Gasteiger partial charge in [0.15, 0.2) is 0 Å². The Balaban J connectivity index is 1.76. The Kier molecular flexibility index (Phi) is 4.05. The van der Waals surface area contributed by atoms with Crippen molar-refractivity contribution in [3.63, 3.8) is 0 Å². The van der Waals surface area contributed by atoms with Gasteiger partial charge in [-0.3, -0.25) is 9.48 Å². The van der Waals surface area contributed by atoms with Gasteiger partial charge in [0.25, 0.3) is 0 Å². The van der Waals surface area contributed by atoms with E-state index in [9.17, 15) is 4.79 Å². The Morgan fingerprint density at radius 1 is 1.58 bits per heavy atom. The monoisotopic (exact) mass is 261 g/mol. The fourth-order valence-corrected chi connectivity index (χ4v) is 1.98. The van der Waals surface area contributed by atoms with Crippen LogP contribution in [0.25, 0.3) is 0 Å². The molecule has 1 aromatic rings. The lowest BCUT2D eigenvalue weighted by Crippen LogP contribution is -2.25. The van der Waals surface area contributed by atoms with E-state index in [4.69, 9.17) is 5.26 Å². The number of aryl methyl sites for hydroxylation is 2. The van der Waals surface area contributed by atoms with Crippen LogP contribution >= 0.6 is 0 Å². The number of carbonyl (C=O) groups is 1. The second-order valence-electron chi connectivity index (χ2n) is 4.92. The van der Waals surface area contributed by atoms with Crippen LogP contribution in [0.5, 0.6) is 0 Å². The Morgan fingerprint density at radius 3 is 2.95 bits per heavy atom. The lowest BCUT2D eigenvalue weighted by atomic mass is 10.2. The second kappa shape index (κ2) is 5.74. The van der Waals surface area contributed by atoms with Gasteiger partial charge in [-0.25, -0.2) is 0 Å². The predicted molar refractivity (Wildman–Crippen MR) is 71.5 cm³/mol. The van der Waals surface area contributed by atoms with Crippen molar-refractivity contribution in [3.8, 4) is 6.07 Å². The van der Waals surface area contributed by atoms with E-state index in [1.807, 2.05) is 6.92 Å². The number of nitrogens with one attached hydrogen (secondary N) is 2. The summed E-state index contributed by atoms with van der Waals surface area (Å²) in [6.45, 7) is 2.47. The van der Waals surface area contributed by atoms with Gasteiger partial charge in [0.1, 0.15) is 17.5 Å². The third-order valence-electron chi connectivity index (χ3n) is 3.15. The molecule has 1 heterocycles. The molecule has 1 fully saturated rings. The highest BCUT2D eigenvalue weighted by atomic mass is 16.1. The van der Waals surface area contributed by atoms with Gasteiger partial charge in [0.2, 0.25) is 5.91 Å². The van der Waals surface area contributed by atoms with Crippen LogP contribution < -0.4 is 10.6 Å². The zero-order valence-electron chi connectivity index (χ0n) is 11.4. The van der Waals surface area contributed by atoms with E-state index in [0.717, 1.165) is 30.8 Å². The summed E-state index contributed by atoms with van der Waals surface area (Å²) in [5, 5.41) is 19.4. The highest BCUT2D eigenvalue weighted by Crippen LogP contribution is 2.19. The molecular formula is C13H19N5O. The van der Waals surface area contributed by atoms with Crippen molar-refractivity contribution >= 4 is 11.7 Å². The predicted octanol–water partition coefficient (Wildman–Crippen LogP) is 1.07. The average molecular weight is 261 g/mol. The molecule has 6 heteroatoms. The van der Waals surface area contributed by atoms with Crippen LogP contribution in [0.2, 0.25) is 0 Å². The molecule has 102 valence electrons. The molecule has 0 bridgehead atoms. The van der Waals surface area contributed by atoms with E-state index in [-0.39, 0.29) is 5.91 Å². The number of amides is 1. The fraction of sp³-hybridized carbons (Fsp3) is 0.615. The summed E-state index contributed by atoms with van der Waals surface area (Å²) in [5.74, 6) is 0.841. The Labute approximate surface area is 112 Å². The van der Waals surface area contributed by atoms with Gasteiger partial charge < -0.3 is 10.6 Å². The van der Waals surface area contributed by atoms with Crippen molar-refractivity contribution < 1.29 is 4.79 Å². The number of anilines is 1. The first-order valence-corrected chi connectivity index (χ1v) is 6.58. The maximum absolute atomic E-state index is 11.5. The van der Waals surface area contributed by atoms with Crippen molar-refractivity contribution in [2.75, 3.05) is 11.9 Å². The molecule has 2 N–H and O–H groups in total. The van der Waals surface area contributed by atoms with Gasteiger partial charge in [-0.05, 0) is 26.2 Å². The molecule has 19 heavy (non-hydrogen) atoms. The van der Waals surface area contributed by atoms with Crippen LogP contribution in [0, 0.1) is 18.3 Å². The SMILES string of the molecule is Cc1nn(C)c(NCCCC(=O)NC2CC2)c1C#N. The van der Waals surface area contributed by atoms with E-state index in [1.165, 1.54) is 0 Å². The van der Waals surface area contributed by atoms with Crippen LogP contribution in [0.15, 0.2) is 0 Å². The fourth-order valence-electron chi connectivity index (χ4n) is 1.98. The Morgan fingerprint density at radius 2 is 2.32 bits per heavy atom. The van der Waals surface area contributed by atoms with Gasteiger partial charge in [-0.15, -0.1) is 0 Å². The van der Waals surface area contributed by atoms with Crippen molar-refractivity contribution in [2.45, 2.75) is 38.6 Å². The number of hydrogen-bond donors (Lipinski definition) is 2. The lowest BCUT2D eigenvalue weighted by molar-refractivity contribution is -0.121. The van der Waals surface area contributed by atoms with E-state index >= 15 is 0 Å². The smallest absolute Gasteiger partial charge is 0.220 e. The minimum absolute atomic E-state index is 0.117. The summed E-state index contributed by atoms with van der Waals surface area (Å²) in [5.41, 5.74) is 1.30. The summed E-state index contributed by atoms with van der Waals surface area (Å²) in [6.07, 6.45) is 3.49. The molecule has 6 nitrogen and oxygen atoms in total. The maximum Gasteiger partial charge on any atom is 0.220 e. The maximum atomic E-state index is 11.5. The Hall–Kier alpha value is -2.03. The van der Waals surface area contributed by atoms with Gasteiger partial charge >= 0.3 is 0 Å². The van der Waals surface area contributed by atoms with Crippen molar-refractivity contribution in [2.24, 2.45) is 7.05 Å². The molecule has 2 rings (SSSR count). The molecule has 0 aromatic carbocycles. The summed E-state index contributed by atoms with van der Waals surface area (Å²) >= 11 is 0. The summed E-state index contributed by atoms with van der Waals surface area (Å²) < 4.78 is 1.66. The molecule has 0 aliphatic heterocycles. The first-order chi connectivity index (χ1) is 9.11. The van der Waals surface area contributed by atoms with Gasteiger partial charge in [-0.1, -0.05) is 0 Å². The van der Waals surface area contributed by atoms with Crippen LogP contribution in [0.4, 0.5) is 5.82 Å². The van der Waals surface area contributed by atoms with Crippen LogP contribution in [-0.4, -0.2) is 28.3 Å². The number of carbonyl (C=O) groups excluding carboxylic acids is 1. The number of nitriles is 1. The molecule has 1 aliphatic carbocycles. The number of hydrogen-bond acceptors (Lipinski definition) is 4. The normalized spacial score (nSPS) is 13.9. The zero-order chi connectivity index (χ0) is 13.8. The highest BCUT2D eigenvalue weighted by Gasteiger charge is 2.22. The second-order valence-corrected chi connectivity index (χ2v) is 4.92. The number of aromatic nitrogens is 2. The molecular weight excluding hydrogens is 242 g/mol. The molecule has 1 saturated carbocycles. The molecule has 1 aliphatic rings. The van der Waals surface area contributed by atoms with E-state index in [2.05, 4.69) is 21.8 Å². The van der Waals surface area contributed by atoms with Crippen molar-refractivity contribution in [1.29, 1.82) is 5.26 Å². The first-order valence-electron chi connectivity index (χ1n) is 6.58. The molecule has 1 amide bonds. The molecule has 0 saturated heterocycles. The third-order valence-corrected chi connectivity index (χ3v) is 3.15. The van der Waals surface area contributed by atoms with Gasteiger partial charge in [-0.2, -0.15) is 10.4 Å². The minimum atomic E-state index is 0.117. The summed E-state index contributed by atoms with van der Waals surface area (Å²) in [6, 6.07) is 2.57. The van der Waals surface area contributed by atoms with Crippen LogP contribution in [0.3, 0.4) is 0 Å². The Bertz CT molecular complexity index is 510. The lowest BCUT2D eigenvalue weighted by Gasteiger charge is -2.07. The van der Waals surface area contributed by atoms with Crippen LogP contribution in [-0.2, 0) is 11.8 Å². The van der Waals surface area contributed by atoms with Gasteiger partial charge in [0.05, 0.1) is 5.69 Å². The topological polar surface area (TPSA) is 82.7 Å². The molecule has 0 atom stereocenters. The molecule has 0 unspecified atom stereocenters. The van der Waals surface area contributed by atoms with E-state index in [1.54, 1.807) is 11.7 Å². The van der Waals surface area contributed by atoms with Crippen molar-refractivity contribution in [1.82, 2.24) is 15.1 Å². The minimum Gasteiger partial charge on any atom is -0.369 e.